The van der Waals surface area contributed by atoms with Crippen LogP contribution in [0.3, 0.4) is 0 Å². The Labute approximate surface area is 157 Å². The number of hydrogen-bond acceptors (Lipinski definition) is 6. The first kappa shape index (κ1) is 21.1. The quantitative estimate of drug-likeness (QED) is 0.414. The minimum atomic E-state index is -4.02. The van der Waals surface area contributed by atoms with Crippen molar-refractivity contribution in [3.05, 3.63) is 29.8 Å². The molecule has 1 aliphatic rings. The van der Waals surface area contributed by atoms with Crippen molar-refractivity contribution < 1.29 is 26.6 Å². The Morgan fingerprint density at radius 2 is 1.77 bits per heavy atom. The molecule has 0 aliphatic carbocycles. The van der Waals surface area contributed by atoms with Crippen LogP contribution in [0.1, 0.15) is 32.8 Å². The fourth-order valence-electron chi connectivity index (χ4n) is 2.24. The zero-order chi connectivity index (χ0) is 19.8. The van der Waals surface area contributed by atoms with Crippen molar-refractivity contribution >= 4 is 24.4 Å². The second kappa shape index (κ2) is 7.42. The first-order chi connectivity index (χ1) is 11.8. The lowest BCUT2D eigenvalue weighted by atomic mass is 10.2. The highest BCUT2D eigenvalue weighted by molar-refractivity contribution is 7.86. The number of carbonyl (C=O) groups excluding carboxylic acids is 1. The highest BCUT2D eigenvalue weighted by Gasteiger charge is 2.42. The van der Waals surface area contributed by atoms with Crippen LogP contribution in [0.4, 0.5) is 0 Å². The minimum Gasteiger partial charge on any atom is -0.458 e. The van der Waals surface area contributed by atoms with Gasteiger partial charge in [0, 0.05) is 6.42 Å². The van der Waals surface area contributed by atoms with Gasteiger partial charge in [0.2, 0.25) is 0 Å². The summed E-state index contributed by atoms with van der Waals surface area (Å²) in [6, 6.07) is 6.28. The van der Waals surface area contributed by atoms with Crippen LogP contribution in [0, 0.1) is 6.92 Å². The van der Waals surface area contributed by atoms with Gasteiger partial charge >= 0.3 is 5.97 Å². The predicted molar refractivity (Wildman–Crippen MR) is 101 cm³/mol. The van der Waals surface area contributed by atoms with Crippen LogP contribution in [0.5, 0.6) is 0 Å². The lowest BCUT2D eigenvalue weighted by Crippen LogP contribution is -2.42. The number of aryl methyl sites for hydroxylation is 1. The Morgan fingerprint density at radius 1 is 1.19 bits per heavy atom. The molecular weight excluding hydrogens is 372 g/mol. The van der Waals surface area contributed by atoms with Gasteiger partial charge in [-0.2, -0.15) is 8.42 Å². The summed E-state index contributed by atoms with van der Waals surface area (Å²) < 4.78 is 41.1. The molecule has 2 atom stereocenters. The second-order valence-corrected chi connectivity index (χ2v) is 14.6. The summed E-state index contributed by atoms with van der Waals surface area (Å²) in [5.74, 6) is -0.662. The Hall–Kier alpha value is -1.22. The maximum Gasteiger partial charge on any atom is 0.337 e. The third-order valence-electron chi connectivity index (χ3n) is 5.01. The van der Waals surface area contributed by atoms with Gasteiger partial charge in [0.25, 0.3) is 10.1 Å². The number of cyclic esters (lactones) is 1. The molecule has 1 saturated heterocycles. The molecule has 146 valence electrons. The maximum atomic E-state index is 12.3. The van der Waals surface area contributed by atoms with E-state index >= 15 is 0 Å². The molecular formula is C18H28O6SSi. The van der Waals surface area contributed by atoms with Gasteiger partial charge in [-0.1, -0.05) is 38.5 Å². The molecule has 1 aliphatic heterocycles. The fourth-order valence-corrected chi connectivity index (χ4v) is 4.31. The Kier molecular flexibility index (Phi) is 6.02. The van der Waals surface area contributed by atoms with E-state index in [1.54, 1.807) is 12.1 Å². The normalized spacial score (nSPS) is 21.7. The molecule has 1 aromatic carbocycles. The number of rotatable bonds is 6. The number of esters is 1. The number of carbonyl (C=O) groups is 1. The third-order valence-corrected chi connectivity index (χ3v) is 10.8. The Balaban J connectivity index is 1.98. The third kappa shape index (κ3) is 4.94. The van der Waals surface area contributed by atoms with Crippen LogP contribution in [0.25, 0.3) is 0 Å². The van der Waals surface area contributed by atoms with Crippen LogP contribution < -0.4 is 0 Å². The Bertz CT molecular complexity index is 749. The molecule has 1 fully saturated rings. The smallest absolute Gasteiger partial charge is 0.337 e. The zero-order valence-corrected chi connectivity index (χ0v) is 18.1. The molecule has 0 bridgehead atoms. The summed E-state index contributed by atoms with van der Waals surface area (Å²) >= 11 is 0. The summed E-state index contributed by atoms with van der Waals surface area (Å²) in [6.07, 6.45) is -1.46. The van der Waals surface area contributed by atoms with E-state index in [1.807, 2.05) is 6.92 Å². The second-order valence-electron chi connectivity index (χ2n) is 8.22. The molecule has 0 aromatic heterocycles. The van der Waals surface area contributed by atoms with E-state index in [4.69, 9.17) is 13.3 Å². The summed E-state index contributed by atoms with van der Waals surface area (Å²) in [6.45, 7) is 12.7. The summed E-state index contributed by atoms with van der Waals surface area (Å²) in [4.78, 5) is 12.0. The van der Waals surface area contributed by atoms with E-state index in [9.17, 15) is 13.2 Å². The van der Waals surface area contributed by atoms with E-state index in [2.05, 4.69) is 33.9 Å². The van der Waals surface area contributed by atoms with Gasteiger partial charge in [0.1, 0.15) is 6.10 Å². The highest BCUT2D eigenvalue weighted by atomic mass is 32.2. The molecule has 8 heteroatoms. The van der Waals surface area contributed by atoms with Gasteiger partial charge in [-0.25, -0.2) is 4.79 Å². The van der Waals surface area contributed by atoms with Crippen molar-refractivity contribution in [1.82, 2.24) is 0 Å². The SMILES string of the molecule is Cc1ccc(S(=O)(=O)O[C@H]2C[C@@H](CO[Si](C)(C)C(C)(C)C)OC2=O)cc1. The van der Waals surface area contributed by atoms with Crippen molar-refractivity contribution in [2.75, 3.05) is 6.61 Å². The van der Waals surface area contributed by atoms with Gasteiger partial charge in [-0.3, -0.25) is 4.18 Å². The van der Waals surface area contributed by atoms with Gasteiger partial charge < -0.3 is 9.16 Å². The minimum absolute atomic E-state index is 0.0249. The Morgan fingerprint density at radius 3 is 2.31 bits per heavy atom. The van der Waals surface area contributed by atoms with Crippen molar-refractivity contribution in [2.24, 2.45) is 0 Å². The largest absolute Gasteiger partial charge is 0.458 e. The van der Waals surface area contributed by atoms with E-state index in [0.29, 0.717) is 0 Å². The molecule has 1 heterocycles. The van der Waals surface area contributed by atoms with Gasteiger partial charge in [-0.15, -0.1) is 0 Å². The molecule has 2 rings (SSSR count). The van der Waals surface area contributed by atoms with Gasteiger partial charge in [0.05, 0.1) is 11.5 Å². The van der Waals surface area contributed by atoms with E-state index in [0.717, 1.165) is 5.56 Å². The van der Waals surface area contributed by atoms with E-state index in [-0.39, 0.29) is 23.0 Å². The van der Waals surface area contributed by atoms with Crippen LogP contribution >= 0.6 is 0 Å². The van der Waals surface area contributed by atoms with Crippen LogP contribution in [0.15, 0.2) is 29.2 Å². The number of hydrogen-bond donors (Lipinski definition) is 0. The lowest BCUT2D eigenvalue weighted by molar-refractivity contribution is -0.147. The molecule has 0 amide bonds. The number of benzene rings is 1. The van der Waals surface area contributed by atoms with E-state index < -0.39 is 36.6 Å². The fraction of sp³-hybridized carbons (Fsp3) is 0.611. The molecule has 1 aromatic rings. The van der Waals surface area contributed by atoms with Crippen molar-refractivity contribution in [1.29, 1.82) is 0 Å². The average molecular weight is 401 g/mol. The maximum absolute atomic E-state index is 12.3. The highest BCUT2D eigenvalue weighted by Crippen LogP contribution is 2.37. The monoisotopic (exact) mass is 400 g/mol. The molecule has 0 radical (unpaired) electrons. The van der Waals surface area contributed by atoms with Crippen LogP contribution in [-0.4, -0.2) is 41.5 Å². The van der Waals surface area contributed by atoms with Crippen molar-refractivity contribution in [3.63, 3.8) is 0 Å². The first-order valence-electron chi connectivity index (χ1n) is 8.66. The van der Waals surface area contributed by atoms with Gasteiger partial charge in [0.15, 0.2) is 14.4 Å². The van der Waals surface area contributed by atoms with Crippen molar-refractivity contribution in [3.8, 4) is 0 Å². The predicted octanol–water partition coefficient (Wildman–Crippen LogP) is 3.41. The topological polar surface area (TPSA) is 78.9 Å². The molecule has 0 saturated carbocycles. The molecule has 0 unspecified atom stereocenters. The summed E-state index contributed by atoms with van der Waals surface area (Å²) in [7, 11) is -5.99. The summed E-state index contributed by atoms with van der Waals surface area (Å²) in [5, 5.41) is 0.0420. The summed E-state index contributed by atoms with van der Waals surface area (Å²) in [5.41, 5.74) is 0.937. The molecule has 0 N–H and O–H groups in total. The standard InChI is InChI=1S/C18H28O6SSi/c1-13-7-9-15(10-8-13)25(20,21)24-16-11-14(23-17(16)19)12-22-26(5,6)18(2,3)4/h7-10,14,16H,11-12H2,1-6H3/t14-,16-/m0/s1. The molecule has 6 nitrogen and oxygen atoms in total. The van der Waals surface area contributed by atoms with Gasteiger partial charge in [-0.05, 0) is 37.2 Å². The van der Waals surface area contributed by atoms with Crippen LogP contribution in [-0.2, 0) is 28.3 Å². The lowest BCUT2D eigenvalue weighted by Gasteiger charge is -2.36. The van der Waals surface area contributed by atoms with Crippen LogP contribution in [0.2, 0.25) is 18.1 Å². The molecule has 26 heavy (non-hydrogen) atoms. The average Bonchev–Trinajstić information content (AvgIpc) is 2.84. The van der Waals surface area contributed by atoms with E-state index in [1.165, 1.54) is 12.1 Å². The van der Waals surface area contributed by atoms with Crippen molar-refractivity contribution in [2.45, 2.75) is 69.4 Å². The number of ether oxygens (including phenoxy) is 1. The zero-order valence-electron chi connectivity index (χ0n) is 16.2. The first-order valence-corrected chi connectivity index (χ1v) is 13.0. The molecule has 0 spiro atoms.